The molecule has 104 valence electrons. The van der Waals surface area contributed by atoms with E-state index in [1.165, 1.54) is 32.1 Å². The highest BCUT2D eigenvalue weighted by Crippen LogP contribution is 2.23. The van der Waals surface area contributed by atoms with E-state index in [2.05, 4.69) is 18.7 Å². The predicted octanol–water partition coefficient (Wildman–Crippen LogP) is 3.09. The molecule has 0 bridgehead atoms. The normalized spacial score (nSPS) is 24.2. The van der Waals surface area contributed by atoms with Crippen LogP contribution in [-0.4, -0.2) is 30.6 Å². The Hall–Kier alpha value is -1.35. The largest absolute Gasteiger partial charge is 0.465 e. The number of benzene rings is 1. The predicted molar refractivity (Wildman–Crippen MR) is 76.1 cm³/mol. The fourth-order valence-electron chi connectivity index (χ4n) is 2.79. The first-order valence-electron chi connectivity index (χ1n) is 7.01. The molecule has 1 saturated heterocycles. The van der Waals surface area contributed by atoms with Crippen LogP contribution in [0.15, 0.2) is 24.3 Å². The lowest BCUT2D eigenvalue weighted by Gasteiger charge is -2.36. The topological polar surface area (TPSA) is 29.5 Å². The summed E-state index contributed by atoms with van der Waals surface area (Å²) < 4.78 is 4.71. The van der Waals surface area contributed by atoms with Crippen molar-refractivity contribution in [2.45, 2.75) is 39.3 Å². The summed E-state index contributed by atoms with van der Waals surface area (Å²) in [5.41, 5.74) is 1.88. The Morgan fingerprint density at radius 3 is 2.58 bits per heavy atom. The van der Waals surface area contributed by atoms with Gasteiger partial charge in [-0.3, -0.25) is 4.90 Å². The molecular weight excluding hydrogens is 238 g/mol. The average molecular weight is 261 g/mol. The van der Waals surface area contributed by atoms with Crippen LogP contribution in [0.2, 0.25) is 0 Å². The molecule has 0 aromatic heterocycles. The van der Waals surface area contributed by atoms with Gasteiger partial charge in [0.25, 0.3) is 0 Å². The van der Waals surface area contributed by atoms with Gasteiger partial charge < -0.3 is 4.74 Å². The minimum atomic E-state index is -0.272. The van der Waals surface area contributed by atoms with Crippen molar-refractivity contribution in [1.29, 1.82) is 0 Å². The minimum absolute atomic E-state index is 0.272. The van der Waals surface area contributed by atoms with Crippen LogP contribution >= 0.6 is 0 Å². The second kappa shape index (κ2) is 6.20. The van der Waals surface area contributed by atoms with Gasteiger partial charge in [0, 0.05) is 12.6 Å². The molecule has 0 saturated carbocycles. The van der Waals surface area contributed by atoms with Crippen molar-refractivity contribution in [1.82, 2.24) is 4.90 Å². The van der Waals surface area contributed by atoms with Crippen LogP contribution in [0, 0.1) is 5.92 Å². The summed E-state index contributed by atoms with van der Waals surface area (Å²) in [4.78, 5) is 13.9. The summed E-state index contributed by atoms with van der Waals surface area (Å²) in [6, 6.07) is 8.38. The lowest BCUT2D eigenvalue weighted by Crippen LogP contribution is -2.39. The third-order valence-corrected chi connectivity index (χ3v) is 4.04. The summed E-state index contributed by atoms with van der Waals surface area (Å²) in [5.74, 6) is 0.569. The molecule has 1 fully saturated rings. The van der Waals surface area contributed by atoms with Gasteiger partial charge >= 0.3 is 5.97 Å². The van der Waals surface area contributed by atoms with Gasteiger partial charge in [-0.2, -0.15) is 0 Å². The Bertz CT molecular complexity index is 427. The standard InChI is InChI=1S/C16H23NO2/c1-12-8-9-17(13(2)10-12)11-14-4-6-15(7-5-14)16(18)19-3/h4-7,12-13H,8-11H2,1-3H3. The van der Waals surface area contributed by atoms with E-state index in [-0.39, 0.29) is 5.97 Å². The zero-order valence-electron chi connectivity index (χ0n) is 12.1. The Labute approximate surface area is 115 Å². The Morgan fingerprint density at radius 1 is 1.32 bits per heavy atom. The molecule has 3 heteroatoms. The molecule has 1 aromatic rings. The zero-order chi connectivity index (χ0) is 13.8. The summed E-state index contributed by atoms with van der Waals surface area (Å²) >= 11 is 0. The summed E-state index contributed by atoms with van der Waals surface area (Å²) in [5, 5.41) is 0. The fraction of sp³-hybridized carbons (Fsp3) is 0.562. The van der Waals surface area contributed by atoms with Crippen molar-refractivity contribution in [2.24, 2.45) is 5.92 Å². The highest BCUT2D eigenvalue weighted by atomic mass is 16.5. The van der Waals surface area contributed by atoms with Crippen molar-refractivity contribution in [2.75, 3.05) is 13.7 Å². The van der Waals surface area contributed by atoms with Crippen molar-refractivity contribution in [3.05, 3.63) is 35.4 Å². The van der Waals surface area contributed by atoms with Crippen LogP contribution in [0.4, 0.5) is 0 Å². The Balaban J connectivity index is 1.98. The number of carbonyl (C=O) groups excluding carboxylic acids is 1. The number of carbonyl (C=O) groups is 1. The molecule has 0 aliphatic carbocycles. The molecule has 0 amide bonds. The first-order valence-corrected chi connectivity index (χ1v) is 7.01. The SMILES string of the molecule is COC(=O)c1ccc(CN2CCC(C)CC2C)cc1. The molecule has 19 heavy (non-hydrogen) atoms. The van der Waals surface area contributed by atoms with Gasteiger partial charge in [-0.15, -0.1) is 0 Å². The summed E-state index contributed by atoms with van der Waals surface area (Å²) in [7, 11) is 1.41. The lowest BCUT2D eigenvalue weighted by atomic mass is 9.93. The number of hydrogen-bond acceptors (Lipinski definition) is 3. The second-order valence-corrected chi connectivity index (χ2v) is 5.64. The molecule has 3 nitrogen and oxygen atoms in total. The average Bonchev–Trinajstić information content (AvgIpc) is 2.42. The summed E-state index contributed by atoms with van der Waals surface area (Å²) in [6.07, 6.45) is 2.56. The van der Waals surface area contributed by atoms with Crippen molar-refractivity contribution >= 4 is 5.97 Å². The number of likely N-dealkylation sites (tertiary alicyclic amines) is 1. The highest BCUT2D eigenvalue weighted by molar-refractivity contribution is 5.89. The molecule has 0 radical (unpaired) electrons. The number of rotatable bonds is 3. The van der Waals surface area contributed by atoms with Crippen LogP contribution in [0.1, 0.15) is 42.6 Å². The molecule has 1 aliphatic rings. The Kier molecular flexibility index (Phi) is 4.59. The van der Waals surface area contributed by atoms with Crippen LogP contribution in [0.5, 0.6) is 0 Å². The van der Waals surface area contributed by atoms with Gasteiger partial charge in [-0.1, -0.05) is 19.1 Å². The molecule has 1 heterocycles. The Morgan fingerprint density at radius 2 is 2.00 bits per heavy atom. The van der Waals surface area contributed by atoms with E-state index in [9.17, 15) is 4.79 Å². The van der Waals surface area contributed by atoms with Crippen molar-refractivity contribution in [3.8, 4) is 0 Å². The third-order valence-electron chi connectivity index (χ3n) is 4.04. The lowest BCUT2D eigenvalue weighted by molar-refractivity contribution is 0.0600. The van der Waals surface area contributed by atoms with E-state index in [0.717, 1.165) is 12.5 Å². The molecule has 0 N–H and O–H groups in total. The smallest absolute Gasteiger partial charge is 0.337 e. The fourth-order valence-corrected chi connectivity index (χ4v) is 2.79. The maximum atomic E-state index is 11.4. The molecule has 2 atom stereocenters. The monoisotopic (exact) mass is 261 g/mol. The first kappa shape index (κ1) is 14.1. The zero-order valence-corrected chi connectivity index (χ0v) is 12.1. The van der Waals surface area contributed by atoms with Gasteiger partial charge in [-0.05, 0) is 49.9 Å². The quantitative estimate of drug-likeness (QED) is 0.783. The van der Waals surface area contributed by atoms with Crippen molar-refractivity contribution in [3.63, 3.8) is 0 Å². The minimum Gasteiger partial charge on any atom is -0.465 e. The summed E-state index contributed by atoms with van der Waals surface area (Å²) in [6.45, 7) is 6.77. The maximum Gasteiger partial charge on any atom is 0.337 e. The van der Waals surface area contributed by atoms with Gasteiger partial charge in [0.05, 0.1) is 12.7 Å². The molecule has 2 unspecified atom stereocenters. The van der Waals surface area contributed by atoms with Gasteiger partial charge in [0.15, 0.2) is 0 Å². The van der Waals surface area contributed by atoms with Crippen LogP contribution in [-0.2, 0) is 11.3 Å². The highest BCUT2D eigenvalue weighted by Gasteiger charge is 2.22. The van der Waals surface area contributed by atoms with Crippen molar-refractivity contribution < 1.29 is 9.53 Å². The third kappa shape index (κ3) is 3.57. The van der Waals surface area contributed by atoms with Gasteiger partial charge in [0.1, 0.15) is 0 Å². The molecule has 1 aromatic carbocycles. The van der Waals surface area contributed by atoms with E-state index in [4.69, 9.17) is 4.74 Å². The number of hydrogen-bond donors (Lipinski definition) is 0. The number of esters is 1. The maximum absolute atomic E-state index is 11.4. The van der Waals surface area contributed by atoms with E-state index in [0.29, 0.717) is 11.6 Å². The van der Waals surface area contributed by atoms with Crippen LogP contribution in [0.25, 0.3) is 0 Å². The van der Waals surface area contributed by atoms with Gasteiger partial charge in [-0.25, -0.2) is 4.79 Å². The second-order valence-electron chi connectivity index (χ2n) is 5.64. The van der Waals surface area contributed by atoms with Crippen LogP contribution in [0.3, 0.4) is 0 Å². The molecular formula is C16H23NO2. The molecule has 2 rings (SSSR count). The molecule has 0 spiro atoms. The first-order chi connectivity index (χ1) is 9.10. The number of piperidine rings is 1. The molecule has 1 aliphatic heterocycles. The number of nitrogens with zero attached hydrogens (tertiary/aromatic N) is 1. The van der Waals surface area contributed by atoms with E-state index in [1.807, 2.05) is 24.3 Å². The number of methoxy groups -OCH3 is 1. The van der Waals surface area contributed by atoms with E-state index >= 15 is 0 Å². The van der Waals surface area contributed by atoms with Gasteiger partial charge in [0.2, 0.25) is 0 Å². The van der Waals surface area contributed by atoms with Crippen LogP contribution < -0.4 is 0 Å². The van der Waals surface area contributed by atoms with E-state index < -0.39 is 0 Å². The van der Waals surface area contributed by atoms with E-state index in [1.54, 1.807) is 0 Å². The number of ether oxygens (including phenoxy) is 1.